The van der Waals surface area contributed by atoms with Gasteiger partial charge in [-0.15, -0.1) is 0 Å². The molecule has 1 aromatic carbocycles. The molecule has 1 aromatic rings. The molecule has 0 fully saturated rings. The second kappa shape index (κ2) is 2.69. The summed E-state index contributed by atoms with van der Waals surface area (Å²) in [5.74, 6) is -0.115. The minimum absolute atomic E-state index is 0.0651. The normalized spacial score (nSPS) is 9.75. The predicted octanol–water partition coefficient (Wildman–Crippen LogP) is 1.19. The van der Waals surface area contributed by atoms with Gasteiger partial charge in [0.25, 0.3) is 5.69 Å². The first-order valence-electron chi connectivity index (χ1n) is 3.26. The Bertz CT molecular complexity index is 336. The Hall–Kier alpha value is -1.78. The van der Waals surface area contributed by atoms with Crippen LogP contribution in [0.4, 0.5) is 11.4 Å². The zero-order chi connectivity index (χ0) is 9.30. The molecule has 3 N–H and O–H groups in total. The first kappa shape index (κ1) is 8.32. The second-order valence-electron chi connectivity index (χ2n) is 2.45. The van der Waals surface area contributed by atoms with Crippen LogP contribution in [0.5, 0.6) is 5.75 Å². The molecule has 1 rings (SSSR count). The third-order valence-corrected chi connectivity index (χ3v) is 1.54. The van der Waals surface area contributed by atoms with Gasteiger partial charge in [-0.2, -0.15) is 0 Å². The smallest absolute Gasteiger partial charge is 0.295 e. The van der Waals surface area contributed by atoms with Crippen molar-refractivity contribution in [3.8, 4) is 5.75 Å². The molecule has 0 atom stereocenters. The summed E-state index contributed by atoms with van der Waals surface area (Å²) in [6.45, 7) is 1.62. The fraction of sp³-hybridized carbons (Fsp3) is 0.143. The topological polar surface area (TPSA) is 89.4 Å². The third kappa shape index (κ3) is 1.29. The third-order valence-electron chi connectivity index (χ3n) is 1.54. The van der Waals surface area contributed by atoms with Crippen LogP contribution in [0.2, 0.25) is 0 Å². The number of nitrogens with zero attached hydrogens (tertiary/aromatic N) is 1. The molecule has 5 nitrogen and oxygen atoms in total. The summed E-state index contributed by atoms with van der Waals surface area (Å²) in [5, 5.41) is 19.4. The van der Waals surface area contributed by atoms with Crippen molar-refractivity contribution in [1.82, 2.24) is 0 Å². The number of anilines is 1. The fourth-order valence-corrected chi connectivity index (χ4v) is 0.866. The van der Waals surface area contributed by atoms with Crippen molar-refractivity contribution in [2.24, 2.45) is 0 Å². The lowest BCUT2D eigenvalue weighted by atomic mass is 10.2. The Balaban J connectivity index is 3.33. The van der Waals surface area contributed by atoms with Crippen molar-refractivity contribution in [2.45, 2.75) is 6.92 Å². The van der Waals surface area contributed by atoms with Crippen LogP contribution in [-0.2, 0) is 0 Å². The van der Waals surface area contributed by atoms with Gasteiger partial charge in [-0.05, 0) is 18.6 Å². The zero-order valence-corrected chi connectivity index (χ0v) is 6.44. The molecule has 0 aliphatic carbocycles. The van der Waals surface area contributed by atoms with E-state index < -0.39 is 4.92 Å². The van der Waals surface area contributed by atoms with Crippen LogP contribution in [-0.4, -0.2) is 10.0 Å². The molecule has 0 amide bonds. The van der Waals surface area contributed by atoms with Crippen LogP contribution in [0.15, 0.2) is 12.1 Å². The highest BCUT2D eigenvalue weighted by molar-refractivity contribution is 5.62. The van der Waals surface area contributed by atoms with Gasteiger partial charge in [0, 0.05) is 0 Å². The molecule has 64 valence electrons. The number of nitro groups is 1. The van der Waals surface area contributed by atoms with Gasteiger partial charge in [0.15, 0.2) is 0 Å². The summed E-state index contributed by atoms with van der Waals surface area (Å²) < 4.78 is 0. The fourth-order valence-electron chi connectivity index (χ4n) is 0.866. The Labute approximate surface area is 68.6 Å². The van der Waals surface area contributed by atoms with Crippen molar-refractivity contribution in [1.29, 1.82) is 0 Å². The molecule has 0 heterocycles. The van der Waals surface area contributed by atoms with Crippen molar-refractivity contribution in [3.63, 3.8) is 0 Å². The van der Waals surface area contributed by atoms with Gasteiger partial charge < -0.3 is 10.8 Å². The molecule has 0 aliphatic heterocycles. The molecular formula is C7H8N2O3. The van der Waals surface area contributed by atoms with E-state index in [1.807, 2.05) is 0 Å². The van der Waals surface area contributed by atoms with E-state index in [-0.39, 0.29) is 17.1 Å². The molecule has 0 radical (unpaired) electrons. The molecule has 0 aromatic heterocycles. The van der Waals surface area contributed by atoms with Gasteiger partial charge in [0.1, 0.15) is 11.4 Å². The molecule has 0 spiro atoms. The summed E-state index contributed by atoms with van der Waals surface area (Å²) in [6.07, 6.45) is 0. The number of nitrogen functional groups attached to an aromatic ring is 1. The average molecular weight is 168 g/mol. The van der Waals surface area contributed by atoms with Crippen LogP contribution < -0.4 is 5.73 Å². The second-order valence-corrected chi connectivity index (χ2v) is 2.45. The van der Waals surface area contributed by atoms with Gasteiger partial charge in [-0.3, -0.25) is 10.1 Å². The molecule has 5 heteroatoms. The molecular weight excluding hydrogens is 160 g/mol. The Morgan fingerprint density at radius 2 is 2.17 bits per heavy atom. The van der Waals surface area contributed by atoms with E-state index in [1.54, 1.807) is 6.92 Å². The number of phenolic OH excluding ortho intramolecular Hbond substituents is 1. The van der Waals surface area contributed by atoms with E-state index in [4.69, 9.17) is 10.8 Å². The van der Waals surface area contributed by atoms with Crippen LogP contribution in [0, 0.1) is 17.0 Å². The number of phenols is 1. The Morgan fingerprint density at radius 1 is 1.58 bits per heavy atom. The van der Waals surface area contributed by atoms with Crippen molar-refractivity contribution >= 4 is 11.4 Å². The minimum Gasteiger partial charge on any atom is -0.507 e. The first-order valence-corrected chi connectivity index (χ1v) is 3.26. The van der Waals surface area contributed by atoms with Crippen molar-refractivity contribution < 1.29 is 10.0 Å². The number of nitrogens with two attached hydrogens (primary N) is 1. The quantitative estimate of drug-likeness (QED) is 0.285. The maximum absolute atomic E-state index is 10.3. The summed E-state index contributed by atoms with van der Waals surface area (Å²) >= 11 is 0. The van der Waals surface area contributed by atoms with Gasteiger partial charge in [0.05, 0.1) is 11.0 Å². The van der Waals surface area contributed by atoms with E-state index in [9.17, 15) is 10.1 Å². The average Bonchev–Trinajstić information content (AvgIpc) is 1.96. The molecule has 0 bridgehead atoms. The molecule has 0 unspecified atom stereocenters. The number of nitro benzene ring substituents is 1. The van der Waals surface area contributed by atoms with E-state index in [2.05, 4.69) is 0 Å². The SMILES string of the molecule is Cc1cc(N)c([N+](=O)[O-])cc1O. The predicted molar refractivity (Wildman–Crippen MR) is 43.9 cm³/mol. The lowest BCUT2D eigenvalue weighted by Gasteiger charge is -2.00. The molecule has 0 aliphatic rings. The number of aryl methyl sites for hydroxylation is 1. The summed E-state index contributed by atoms with van der Waals surface area (Å²) in [7, 11) is 0. The lowest BCUT2D eigenvalue weighted by molar-refractivity contribution is -0.384. The summed E-state index contributed by atoms with van der Waals surface area (Å²) in [4.78, 5) is 9.67. The highest BCUT2D eigenvalue weighted by Crippen LogP contribution is 2.28. The van der Waals surface area contributed by atoms with Gasteiger partial charge in [-0.25, -0.2) is 0 Å². The van der Waals surface area contributed by atoms with Gasteiger partial charge in [-0.1, -0.05) is 0 Å². The van der Waals surface area contributed by atoms with Crippen LogP contribution in [0.1, 0.15) is 5.56 Å². The lowest BCUT2D eigenvalue weighted by Crippen LogP contribution is -1.95. The Morgan fingerprint density at radius 3 is 2.67 bits per heavy atom. The monoisotopic (exact) mass is 168 g/mol. The van der Waals surface area contributed by atoms with Crippen molar-refractivity contribution in [2.75, 3.05) is 5.73 Å². The van der Waals surface area contributed by atoms with Gasteiger partial charge in [0.2, 0.25) is 0 Å². The van der Waals surface area contributed by atoms with E-state index >= 15 is 0 Å². The van der Waals surface area contributed by atoms with E-state index in [1.165, 1.54) is 6.07 Å². The highest BCUT2D eigenvalue weighted by Gasteiger charge is 2.13. The maximum atomic E-state index is 10.3. The largest absolute Gasteiger partial charge is 0.507 e. The summed E-state index contributed by atoms with van der Waals surface area (Å²) in [6, 6.07) is 2.41. The van der Waals surface area contributed by atoms with Crippen LogP contribution in [0.3, 0.4) is 0 Å². The zero-order valence-electron chi connectivity index (χ0n) is 6.44. The number of hydrogen-bond donors (Lipinski definition) is 2. The number of aromatic hydroxyl groups is 1. The highest BCUT2D eigenvalue weighted by atomic mass is 16.6. The molecule has 0 saturated carbocycles. The number of hydrogen-bond acceptors (Lipinski definition) is 4. The molecule has 0 saturated heterocycles. The minimum atomic E-state index is -0.630. The standard InChI is InChI=1S/C7H8N2O3/c1-4-2-5(8)6(9(11)12)3-7(4)10/h2-3,10H,8H2,1H3. The van der Waals surface area contributed by atoms with Crippen LogP contribution in [0.25, 0.3) is 0 Å². The van der Waals surface area contributed by atoms with Crippen LogP contribution >= 0.6 is 0 Å². The summed E-state index contributed by atoms with van der Waals surface area (Å²) in [5.41, 5.74) is 5.66. The van der Waals surface area contributed by atoms with E-state index in [0.717, 1.165) is 6.07 Å². The maximum Gasteiger partial charge on any atom is 0.295 e. The first-order chi connectivity index (χ1) is 5.52. The van der Waals surface area contributed by atoms with Crippen molar-refractivity contribution in [3.05, 3.63) is 27.8 Å². The number of benzene rings is 1. The number of rotatable bonds is 1. The van der Waals surface area contributed by atoms with Gasteiger partial charge >= 0.3 is 0 Å². The molecule has 12 heavy (non-hydrogen) atoms. The Kier molecular flexibility index (Phi) is 1.86. The van der Waals surface area contributed by atoms with E-state index in [0.29, 0.717) is 5.56 Å².